The summed E-state index contributed by atoms with van der Waals surface area (Å²) in [6.07, 6.45) is 0. The Bertz CT molecular complexity index is 223. The molecule has 0 aromatic carbocycles. The minimum atomic E-state index is -5.61. The van der Waals surface area contributed by atoms with Crippen LogP contribution in [0.25, 0.3) is 0 Å². The van der Waals surface area contributed by atoms with Gasteiger partial charge in [-0.15, -0.1) is 0 Å². The average molecular weight is 662 g/mol. The number of rotatable bonds is 0. The molecular weight excluding hydrogens is 641 g/mol. The first kappa shape index (κ1) is 65.6. The van der Waals surface area contributed by atoms with E-state index in [4.69, 9.17) is 115 Å². The summed E-state index contributed by atoms with van der Waals surface area (Å²) < 4.78 is 0. The van der Waals surface area contributed by atoms with Crippen molar-refractivity contribution in [1.82, 2.24) is 0 Å². The summed E-state index contributed by atoms with van der Waals surface area (Å²) in [5.74, 6) is 0. The van der Waals surface area contributed by atoms with Crippen molar-refractivity contribution in [3.05, 3.63) is 0 Å². The molecule has 0 aromatic rings. The maximum atomic E-state index is 8.58. The van der Waals surface area contributed by atoms with Crippen LogP contribution in [0.1, 0.15) is 0 Å². The van der Waals surface area contributed by atoms with Gasteiger partial charge in [0.1, 0.15) is 0 Å². The number of hydrogen-bond acceptors (Lipinski definition) is 24. The zero-order valence-electron chi connectivity index (χ0n) is 16.1. The van der Waals surface area contributed by atoms with Gasteiger partial charge >= 0.3 is 114 Å². The molecule has 34 heteroatoms. The molecule has 0 radical (unpaired) electrons. The summed E-state index contributed by atoms with van der Waals surface area (Å²) in [5.41, 5.74) is 0. The summed E-state index contributed by atoms with van der Waals surface area (Å²) in [4.78, 5) is 181. The van der Waals surface area contributed by atoms with Crippen LogP contribution >= 0.6 is 0 Å². The Morgan fingerprint density at radius 3 is 0.265 bits per heavy atom. The van der Waals surface area contributed by atoms with Crippen LogP contribution in [0.2, 0.25) is 0 Å². The summed E-state index contributed by atoms with van der Waals surface area (Å²) >= 11 is 0. The fourth-order valence-electron chi connectivity index (χ4n) is 0. The molecule has 0 fully saturated rings. The molecule has 25 nitrogen and oxygen atoms in total. The predicted molar refractivity (Wildman–Crippen MR) is 96.8 cm³/mol. The Balaban J connectivity index is -0.0000000248. The standard InChI is InChI=1S/3Mg.5H4O4Si.O4Si.O/c;;;6*1-5(2,3)4;/h;;;5*1-4H;;/q3*+2;;;;;;-4;-2. The SMILES string of the molecule is O[Si](O)(O)O.O[Si](O)(O)O.O[Si](O)(O)O.O[Si](O)(O)O.O[Si](O)(O)O.[Mg+2].[Mg+2].[Mg+2].[O-2].[O-][Si]([O-])([O-])[O-]. The molecule has 0 saturated carbocycles. The van der Waals surface area contributed by atoms with Gasteiger partial charge in [-0.05, 0) is 0 Å². The maximum absolute atomic E-state index is 8.58. The molecule has 0 rings (SSSR count). The van der Waals surface area contributed by atoms with Crippen LogP contribution in [0, 0.1) is 0 Å². The quantitative estimate of drug-likeness (QED) is 0.107. The Morgan fingerprint density at radius 1 is 0.265 bits per heavy atom. The van der Waals surface area contributed by atoms with E-state index >= 15 is 0 Å². The van der Waals surface area contributed by atoms with E-state index in [0.29, 0.717) is 0 Å². The Labute approximate surface area is 242 Å². The Hall–Kier alpha value is 2.60. The molecule has 0 aliphatic rings. The van der Waals surface area contributed by atoms with Gasteiger partial charge < -0.3 is 130 Å². The van der Waals surface area contributed by atoms with Crippen molar-refractivity contribution in [2.24, 2.45) is 0 Å². The molecule has 0 bridgehead atoms. The zero-order chi connectivity index (χ0) is 27.0. The van der Waals surface area contributed by atoms with Crippen molar-refractivity contribution in [1.29, 1.82) is 0 Å². The second-order valence-corrected chi connectivity index (χ2v) is 10.5. The first-order chi connectivity index (χ1) is 12.0. The second kappa shape index (κ2) is 28.6. The maximum Gasteiger partial charge on any atom is 2.00 e. The number of hydrogen-bond donors (Lipinski definition) is 20. The van der Waals surface area contributed by atoms with Crippen LogP contribution in [-0.4, -0.2) is 219 Å². The molecule has 0 spiro atoms. The second-order valence-electron chi connectivity index (χ2n) is 3.50. The summed E-state index contributed by atoms with van der Waals surface area (Å²) in [6, 6.07) is 0. The molecule has 0 aliphatic carbocycles. The largest absolute Gasteiger partial charge is 2.00 e. The van der Waals surface area contributed by atoms with Gasteiger partial charge in [-0.2, -0.15) is 0 Å². The molecule has 34 heavy (non-hydrogen) atoms. The van der Waals surface area contributed by atoms with Crippen LogP contribution in [0.3, 0.4) is 0 Å². The normalized spacial score (nSPS) is 10.6. The molecule has 0 atom stereocenters. The van der Waals surface area contributed by atoms with E-state index in [1.165, 1.54) is 0 Å². The van der Waals surface area contributed by atoms with Crippen molar-refractivity contribution in [2.45, 2.75) is 0 Å². The van der Waals surface area contributed by atoms with E-state index in [1.807, 2.05) is 0 Å². The molecule has 200 valence electrons. The molecule has 0 unspecified atom stereocenters. The first-order valence-corrected chi connectivity index (χ1v) is 15.9. The third-order valence-corrected chi connectivity index (χ3v) is 0. The first-order valence-electron chi connectivity index (χ1n) is 5.29. The van der Waals surface area contributed by atoms with Gasteiger partial charge in [-0.3, -0.25) is 0 Å². The molecule has 0 saturated heterocycles. The Morgan fingerprint density at radius 2 is 0.265 bits per heavy atom. The molecule has 0 aromatic heterocycles. The fraction of sp³-hybridized carbons (Fsp3) is 0. The van der Waals surface area contributed by atoms with Crippen molar-refractivity contribution < 1.29 is 121 Å². The van der Waals surface area contributed by atoms with Gasteiger partial charge in [-0.25, -0.2) is 0 Å². The van der Waals surface area contributed by atoms with E-state index in [0.717, 1.165) is 0 Å². The van der Waals surface area contributed by atoms with Gasteiger partial charge in [-0.1, -0.05) is 0 Å². The topological polar surface area (TPSA) is 525 Å². The smallest absolute Gasteiger partial charge is 2.00 e. The van der Waals surface area contributed by atoms with Crippen molar-refractivity contribution >= 4 is 123 Å². The van der Waals surface area contributed by atoms with Gasteiger partial charge in [0.2, 0.25) is 0 Å². The van der Waals surface area contributed by atoms with E-state index in [1.54, 1.807) is 0 Å². The van der Waals surface area contributed by atoms with Crippen LogP contribution in [-0.2, 0) is 5.48 Å². The molecular formula is H20Mg3O25Si6. The zero-order valence-corrected chi connectivity index (χ0v) is 26.3. The third kappa shape index (κ3) is 5780. The minimum absolute atomic E-state index is 0. The molecule has 20 N–H and O–H groups in total. The van der Waals surface area contributed by atoms with Crippen LogP contribution in [0.4, 0.5) is 0 Å². The molecule has 0 amide bonds. The summed E-state index contributed by atoms with van der Waals surface area (Å²) in [6.45, 7) is 0. The van der Waals surface area contributed by atoms with Crippen LogP contribution < -0.4 is 19.2 Å². The van der Waals surface area contributed by atoms with Crippen LogP contribution in [0.15, 0.2) is 0 Å². The van der Waals surface area contributed by atoms with Crippen molar-refractivity contribution in [2.75, 3.05) is 0 Å². The van der Waals surface area contributed by atoms with Gasteiger partial charge in [0.05, 0.1) is 0 Å². The van der Waals surface area contributed by atoms with E-state index in [2.05, 4.69) is 0 Å². The third-order valence-electron chi connectivity index (χ3n) is 0. The Kier molecular flexibility index (Phi) is 55.2. The average Bonchev–Trinajstić information content (AvgIpc) is 1.94. The van der Waals surface area contributed by atoms with Gasteiger partial charge in [0.15, 0.2) is 0 Å². The molecule has 0 aliphatic heterocycles. The van der Waals surface area contributed by atoms with E-state index in [9.17, 15) is 0 Å². The van der Waals surface area contributed by atoms with Crippen molar-refractivity contribution in [3.63, 3.8) is 0 Å². The van der Waals surface area contributed by atoms with E-state index in [-0.39, 0.29) is 74.6 Å². The monoisotopic (exact) mass is 660 g/mol. The van der Waals surface area contributed by atoms with Crippen molar-refractivity contribution in [3.8, 4) is 0 Å². The summed E-state index contributed by atoms with van der Waals surface area (Å²) in [7, 11) is -28.7. The van der Waals surface area contributed by atoms with E-state index < -0.39 is 54.3 Å². The fourth-order valence-corrected chi connectivity index (χ4v) is 0. The predicted octanol–water partition coefficient (Wildman–Crippen LogP) is -19.4. The van der Waals surface area contributed by atoms with Gasteiger partial charge in [0, 0.05) is 0 Å². The summed E-state index contributed by atoms with van der Waals surface area (Å²) in [5, 5.41) is 0. The molecule has 0 heterocycles. The minimum Gasteiger partial charge on any atom is -2.00 e. The van der Waals surface area contributed by atoms with Gasteiger partial charge in [0.25, 0.3) is 0 Å². The van der Waals surface area contributed by atoms with Crippen LogP contribution in [0.5, 0.6) is 0 Å².